The Kier molecular flexibility index (Phi) is 1.93. The molecule has 0 aromatic rings. The van der Waals surface area contributed by atoms with Crippen molar-refractivity contribution in [2.24, 2.45) is 0 Å². The molecule has 0 bridgehead atoms. The zero-order valence-electron chi connectivity index (χ0n) is 2.73. The average molecular weight is 92.5 g/mol. The van der Waals surface area contributed by atoms with Gasteiger partial charge in [0.25, 0.3) is 5.91 Å². The smallest absolute Gasteiger partial charge is 0.254 e. The van der Waals surface area contributed by atoms with Crippen LogP contribution in [-0.2, 0) is 4.79 Å². The van der Waals surface area contributed by atoms with E-state index < -0.39 is 0 Å². The topological polar surface area (TPSA) is 31.2 Å². The summed E-state index contributed by atoms with van der Waals surface area (Å²) in [6.07, 6.45) is 0. The highest BCUT2D eigenvalue weighted by molar-refractivity contribution is 6.20. The highest BCUT2D eigenvalue weighted by Gasteiger charge is 1.79. The molecular weight excluding hydrogens is 89.5 g/mol. The van der Waals surface area contributed by atoms with Gasteiger partial charge in [-0.3, -0.25) is 4.79 Å². The van der Waals surface area contributed by atoms with E-state index in [0.29, 0.717) is 0 Å². The van der Waals surface area contributed by atoms with E-state index in [9.17, 15) is 4.79 Å². The van der Waals surface area contributed by atoms with Crippen molar-refractivity contribution in [1.82, 2.24) is 4.84 Å². The minimum absolute atomic E-state index is 0.355. The van der Waals surface area contributed by atoms with Gasteiger partial charge in [0.1, 0.15) is 0 Å². The molecule has 1 amide bonds. The van der Waals surface area contributed by atoms with Crippen LogP contribution in [-0.4, -0.2) is 5.91 Å². The van der Waals surface area contributed by atoms with Crippen LogP contribution in [0.1, 0.15) is 6.92 Å². The molecule has 0 unspecified atom stereocenters. The quantitative estimate of drug-likeness (QED) is 0.423. The highest BCUT2D eigenvalue weighted by atomic mass is 35.5. The molecule has 3 heteroatoms. The van der Waals surface area contributed by atoms with E-state index in [1.165, 1.54) is 6.92 Å². The minimum Gasteiger partial charge on any atom is -0.272 e. The zero-order chi connectivity index (χ0) is 4.28. The number of hydrogen-bond acceptors (Lipinski definition) is 1. The molecule has 0 fully saturated rings. The van der Waals surface area contributed by atoms with Gasteiger partial charge >= 0.3 is 0 Å². The van der Waals surface area contributed by atoms with Crippen molar-refractivity contribution in [2.75, 3.05) is 0 Å². The summed E-state index contributed by atoms with van der Waals surface area (Å²) in [5, 5.41) is 0. The molecule has 0 aliphatic heterocycles. The summed E-state index contributed by atoms with van der Waals surface area (Å²) in [6, 6.07) is 0. The van der Waals surface area contributed by atoms with E-state index in [2.05, 4.69) is 16.6 Å². The lowest BCUT2D eigenvalue weighted by atomic mass is 10.8. The van der Waals surface area contributed by atoms with E-state index in [1.54, 1.807) is 0 Å². The van der Waals surface area contributed by atoms with Crippen molar-refractivity contribution >= 4 is 17.7 Å². The van der Waals surface area contributed by atoms with Gasteiger partial charge in [-0.15, -0.1) is 4.84 Å². The minimum atomic E-state index is -0.355. The number of carbonyl (C=O) groups is 1. The van der Waals surface area contributed by atoms with Gasteiger partial charge in [-0.25, -0.2) is 0 Å². The summed E-state index contributed by atoms with van der Waals surface area (Å²) >= 11 is 4.61. The van der Waals surface area contributed by atoms with Crippen molar-refractivity contribution in [2.45, 2.75) is 6.92 Å². The average Bonchev–Trinajstić information content (AvgIpc) is 1.38. The largest absolute Gasteiger partial charge is 0.272 e. The van der Waals surface area contributed by atoms with Gasteiger partial charge in [-0.2, -0.15) is 0 Å². The van der Waals surface area contributed by atoms with Gasteiger partial charge in [-0.05, 0) is 0 Å². The molecule has 0 saturated heterocycles. The normalized spacial score (nSPS) is 6.80. The van der Waals surface area contributed by atoms with Gasteiger partial charge in [0.05, 0.1) is 0 Å². The van der Waals surface area contributed by atoms with Crippen LogP contribution in [0.4, 0.5) is 0 Å². The first kappa shape index (κ1) is 4.76. The van der Waals surface area contributed by atoms with E-state index in [4.69, 9.17) is 0 Å². The van der Waals surface area contributed by atoms with Crippen LogP contribution in [0.5, 0.6) is 0 Å². The van der Waals surface area contributed by atoms with Gasteiger partial charge in [-0.1, -0.05) is 0 Å². The summed E-state index contributed by atoms with van der Waals surface area (Å²) in [5.41, 5.74) is 0. The first-order chi connectivity index (χ1) is 2.27. The van der Waals surface area contributed by atoms with Gasteiger partial charge in [0.15, 0.2) is 0 Å². The van der Waals surface area contributed by atoms with Crippen LogP contribution in [0.2, 0.25) is 0 Å². The molecule has 29 valence electrons. The predicted octanol–water partition coefficient (Wildman–Crippen LogP) is 0.291. The van der Waals surface area contributed by atoms with Crippen LogP contribution < -0.4 is 4.84 Å². The molecule has 5 heavy (non-hydrogen) atoms. The van der Waals surface area contributed by atoms with Crippen molar-refractivity contribution in [1.29, 1.82) is 0 Å². The maximum atomic E-state index is 9.51. The third-order valence-electron chi connectivity index (χ3n) is 0.119. The number of amides is 1. The summed E-state index contributed by atoms with van der Waals surface area (Å²) < 4.78 is 0. The Morgan fingerprint density at radius 1 is 2.00 bits per heavy atom. The Morgan fingerprint density at radius 2 is 2.20 bits per heavy atom. The highest BCUT2D eigenvalue weighted by Crippen LogP contribution is 1.63. The second kappa shape index (κ2) is 2.03. The van der Waals surface area contributed by atoms with E-state index >= 15 is 0 Å². The SMILES string of the molecule is CC(=O)[N]Cl. The van der Waals surface area contributed by atoms with E-state index in [-0.39, 0.29) is 5.91 Å². The van der Waals surface area contributed by atoms with Crippen LogP contribution in [0, 0.1) is 0 Å². The van der Waals surface area contributed by atoms with Crippen LogP contribution in [0.15, 0.2) is 0 Å². The number of nitrogens with zero attached hydrogens (tertiary/aromatic N) is 1. The van der Waals surface area contributed by atoms with Crippen molar-refractivity contribution in [3.8, 4) is 0 Å². The van der Waals surface area contributed by atoms with Gasteiger partial charge in [0, 0.05) is 18.7 Å². The standard InChI is InChI=1S/C2H3ClNO/c1-2(5)4-3/h1H3. The van der Waals surface area contributed by atoms with Crippen LogP contribution >= 0.6 is 11.8 Å². The number of hydrogen-bond donors (Lipinski definition) is 0. The second-order valence-corrected chi connectivity index (χ2v) is 0.773. The number of halogens is 1. The molecule has 0 aliphatic carbocycles. The van der Waals surface area contributed by atoms with Crippen LogP contribution in [0.3, 0.4) is 0 Å². The summed E-state index contributed by atoms with van der Waals surface area (Å²) in [4.78, 5) is 12.2. The lowest BCUT2D eigenvalue weighted by Crippen LogP contribution is -1.95. The molecular formula is C2H3ClNO. The predicted molar refractivity (Wildman–Crippen MR) is 18.7 cm³/mol. The molecule has 0 spiro atoms. The molecule has 0 N–H and O–H groups in total. The fraction of sp³-hybridized carbons (Fsp3) is 0.500. The van der Waals surface area contributed by atoms with E-state index in [1.807, 2.05) is 0 Å². The molecule has 2 nitrogen and oxygen atoms in total. The fourth-order valence-corrected chi connectivity index (χ4v) is 0. The third-order valence-corrected chi connectivity index (χ3v) is 0.357. The maximum Gasteiger partial charge on any atom is 0.254 e. The summed E-state index contributed by atoms with van der Waals surface area (Å²) in [7, 11) is 0. The summed E-state index contributed by atoms with van der Waals surface area (Å²) in [5.74, 6) is -0.355. The molecule has 0 aromatic carbocycles. The molecule has 0 saturated carbocycles. The van der Waals surface area contributed by atoms with Crippen molar-refractivity contribution in [3.05, 3.63) is 0 Å². The Bertz CT molecular complexity index is 44.9. The molecule has 0 aliphatic rings. The van der Waals surface area contributed by atoms with Crippen molar-refractivity contribution < 1.29 is 4.79 Å². The second-order valence-electron chi connectivity index (χ2n) is 0.604. The first-order valence-electron chi connectivity index (χ1n) is 1.10. The number of rotatable bonds is 0. The Balaban J connectivity index is 2.85. The first-order valence-corrected chi connectivity index (χ1v) is 1.43. The Hall–Kier alpha value is -0.240. The monoisotopic (exact) mass is 92.0 g/mol. The van der Waals surface area contributed by atoms with E-state index in [0.717, 1.165) is 0 Å². The molecule has 0 aromatic heterocycles. The third kappa shape index (κ3) is 3.76. The zero-order valence-corrected chi connectivity index (χ0v) is 3.49. The molecule has 1 radical (unpaired) electrons. The van der Waals surface area contributed by atoms with Gasteiger partial charge < -0.3 is 0 Å². The van der Waals surface area contributed by atoms with Crippen LogP contribution in [0.25, 0.3) is 0 Å². The lowest BCUT2D eigenvalue weighted by Gasteiger charge is -1.70. The Morgan fingerprint density at radius 3 is 2.20 bits per heavy atom. The molecule has 0 atom stereocenters. The molecule has 0 heterocycles. The number of carbonyl (C=O) groups excluding carboxylic acids is 1. The fourth-order valence-electron chi connectivity index (χ4n) is 0. The Labute approximate surface area is 35.2 Å². The maximum absolute atomic E-state index is 9.51. The van der Waals surface area contributed by atoms with Gasteiger partial charge in [0.2, 0.25) is 0 Å². The summed E-state index contributed by atoms with van der Waals surface area (Å²) in [6.45, 7) is 1.28. The molecule has 0 rings (SSSR count). The van der Waals surface area contributed by atoms with Crippen molar-refractivity contribution in [3.63, 3.8) is 0 Å². The lowest BCUT2D eigenvalue weighted by molar-refractivity contribution is -0.117.